The molecular formula is C24H25N3O5S. The highest BCUT2D eigenvalue weighted by Gasteiger charge is 2.34. The van der Waals surface area contributed by atoms with Crippen molar-refractivity contribution in [3.8, 4) is 0 Å². The zero-order valence-corrected chi connectivity index (χ0v) is 18.9. The van der Waals surface area contributed by atoms with E-state index in [9.17, 15) is 18.0 Å². The molecule has 1 N–H and O–H groups in total. The van der Waals surface area contributed by atoms with Crippen LogP contribution in [0.15, 0.2) is 57.8 Å². The summed E-state index contributed by atoms with van der Waals surface area (Å²) in [7, 11) is -3.93. The Morgan fingerprint density at radius 1 is 1.06 bits per heavy atom. The smallest absolute Gasteiger partial charge is 0.339 e. The lowest BCUT2D eigenvalue weighted by Gasteiger charge is -2.29. The summed E-state index contributed by atoms with van der Waals surface area (Å²) < 4.78 is 35.3. The van der Waals surface area contributed by atoms with Gasteiger partial charge in [0.15, 0.2) is 0 Å². The van der Waals surface area contributed by atoms with Crippen LogP contribution in [0.4, 0.5) is 5.69 Å². The van der Waals surface area contributed by atoms with Crippen molar-refractivity contribution in [2.24, 2.45) is 4.40 Å². The van der Waals surface area contributed by atoms with Gasteiger partial charge < -0.3 is 15.0 Å². The third-order valence-electron chi connectivity index (χ3n) is 6.07. The molecule has 8 nitrogen and oxygen atoms in total. The van der Waals surface area contributed by atoms with Gasteiger partial charge in [0.1, 0.15) is 10.7 Å². The molecule has 2 fully saturated rings. The van der Waals surface area contributed by atoms with Gasteiger partial charge in [-0.1, -0.05) is 36.8 Å². The number of esters is 1. The number of amides is 1. The van der Waals surface area contributed by atoms with Crippen LogP contribution < -0.4 is 10.2 Å². The molecule has 0 spiro atoms. The highest BCUT2D eigenvalue weighted by Crippen LogP contribution is 2.35. The average molecular weight is 468 g/mol. The highest BCUT2D eigenvalue weighted by atomic mass is 32.2. The Labute approximate surface area is 192 Å². The van der Waals surface area contributed by atoms with Crippen molar-refractivity contribution in [2.75, 3.05) is 11.4 Å². The van der Waals surface area contributed by atoms with Crippen LogP contribution in [0.3, 0.4) is 0 Å². The molecule has 0 bridgehead atoms. The number of benzene rings is 2. The maximum absolute atomic E-state index is 13.0. The molecule has 33 heavy (non-hydrogen) atoms. The molecule has 5 rings (SSSR count). The Morgan fingerprint density at radius 3 is 2.61 bits per heavy atom. The van der Waals surface area contributed by atoms with Crippen molar-refractivity contribution in [3.05, 3.63) is 59.7 Å². The summed E-state index contributed by atoms with van der Waals surface area (Å²) in [6.07, 6.45) is 4.15. The molecule has 0 aromatic heterocycles. The van der Waals surface area contributed by atoms with E-state index in [1.165, 1.54) is 6.07 Å². The lowest BCUT2D eigenvalue weighted by atomic mass is 10.1. The molecule has 2 aromatic rings. The van der Waals surface area contributed by atoms with E-state index in [4.69, 9.17) is 4.74 Å². The Hall–Kier alpha value is -3.20. The predicted octanol–water partition coefficient (Wildman–Crippen LogP) is 3.34. The number of amidine groups is 1. The number of anilines is 1. The Balaban J connectivity index is 1.44. The van der Waals surface area contributed by atoms with Crippen LogP contribution in [0.2, 0.25) is 0 Å². The monoisotopic (exact) mass is 467 g/mol. The quantitative estimate of drug-likeness (QED) is 0.676. The third kappa shape index (κ3) is 4.50. The second-order valence-electron chi connectivity index (χ2n) is 8.61. The largest absolute Gasteiger partial charge is 0.444 e. The van der Waals surface area contributed by atoms with Crippen molar-refractivity contribution in [3.63, 3.8) is 0 Å². The fourth-order valence-corrected chi connectivity index (χ4v) is 5.47. The maximum Gasteiger partial charge on any atom is 0.339 e. The molecule has 2 aromatic carbocycles. The second kappa shape index (κ2) is 8.62. The van der Waals surface area contributed by atoms with E-state index in [2.05, 4.69) is 9.71 Å². The van der Waals surface area contributed by atoms with Gasteiger partial charge in [-0.3, -0.25) is 4.79 Å². The lowest BCUT2D eigenvalue weighted by molar-refractivity contribution is -0.130. The number of hydrogen-bond donors (Lipinski definition) is 1. The first-order valence-corrected chi connectivity index (χ1v) is 12.7. The van der Waals surface area contributed by atoms with E-state index in [1.807, 2.05) is 11.0 Å². The first-order valence-electron chi connectivity index (χ1n) is 11.2. The number of nitrogens with one attached hydrogen (secondary N) is 1. The number of hydrogen-bond acceptors (Lipinski definition) is 6. The van der Waals surface area contributed by atoms with Gasteiger partial charge in [-0.05, 0) is 43.9 Å². The molecule has 3 aliphatic rings. The fraction of sp³-hybridized carbons (Fsp3) is 0.375. The summed E-state index contributed by atoms with van der Waals surface area (Å²) in [5, 5.41) is 2.87. The van der Waals surface area contributed by atoms with E-state index in [0.29, 0.717) is 30.1 Å². The summed E-state index contributed by atoms with van der Waals surface area (Å²) in [5.41, 5.74) is 1.14. The van der Waals surface area contributed by atoms with Crippen molar-refractivity contribution in [2.45, 2.75) is 55.6 Å². The molecule has 0 unspecified atom stereocenters. The van der Waals surface area contributed by atoms with Gasteiger partial charge in [0.05, 0.1) is 11.3 Å². The van der Waals surface area contributed by atoms with Gasteiger partial charge in [0.25, 0.3) is 15.9 Å². The Kier molecular flexibility index (Phi) is 5.65. The molecular weight excluding hydrogens is 442 g/mol. The summed E-state index contributed by atoms with van der Waals surface area (Å²) in [4.78, 5) is 27.7. The standard InChI is InChI=1S/C24H25N3O5S/c28-23(25-18-11-12-18)22(16-7-3-1-4-8-16)32-24(29)17-10-13-19-20(15-17)33(30,31)26-21-9-5-2-6-14-27(19)21/h1,3-4,7-8,10,13,15,18,22H,2,5-6,9,11-12,14H2,(H,25,28)/t22-/m0/s1. The van der Waals surface area contributed by atoms with E-state index in [1.54, 1.807) is 36.4 Å². The number of fused-ring (bicyclic) bond motifs is 3. The minimum atomic E-state index is -3.93. The van der Waals surface area contributed by atoms with Gasteiger partial charge >= 0.3 is 5.97 Å². The minimum absolute atomic E-state index is 0.0127. The fourth-order valence-electron chi connectivity index (χ4n) is 4.19. The third-order valence-corrected chi connectivity index (χ3v) is 7.41. The zero-order valence-electron chi connectivity index (χ0n) is 18.1. The molecule has 1 aliphatic carbocycles. The van der Waals surface area contributed by atoms with Gasteiger partial charge in [-0.2, -0.15) is 8.42 Å². The normalized spacial score (nSPS) is 19.9. The van der Waals surface area contributed by atoms with Crippen LogP contribution >= 0.6 is 0 Å². The van der Waals surface area contributed by atoms with E-state index in [-0.39, 0.29) is 22.4 Å². The van der Waals surface area contributed by atoms with Gasteiger partial charge in [-0.25, -0.2) is 4.79 Å². The molecule has 1 saturated heterocycles. The number of carbonyl (C=O) groups excluding carboxylic acids is 2. The topological polar surface area (TPSA) is 105 Å². The van der Waals surface area contributed by atoms with Gasteiger partial charge in [-0.15, -0.1) is 4.40 Å². The minimum Gasteiger partial charge on any atom is -0.444 e. The first kappa shape index (κ1) is 21.6. The molecule has 2 heterocycles. The van der Waals surface area contributed by atoms with E-state index >= 15 is 0 Å². The Bertz CT molecular complexity index is 1220. The average Bonchev–Trinajstić information content (AvgIpc) is 3.64. The van der Waals surface area contributed by atoms with Crippen molar-refractivity contribution in [1.82, 2.24) is 5.32 Å². The van der Waals surface area contributed by atoms with Crippen LogP contribution in [0.25, 0.3) is 0 Å². The van der Waals surface area contributed by atoms with Crippen LogP contribution in [0.1, 0.15) is 60.6 Å². The summed E-state index contributed by atoms with van der Waals surface area (Å²) in [6.45, 7) is 0.683. The van der Waals surface area contributed by atoms with Crippen molar-refractivity contribution in [1.29, 1.82) is 0 Å². The molecule has 0 radical (unpaired) electrons. The number of ether oxygens (including phenoxy) is 1. The van der Waals surface area contributed by atoms with Gasteiger partial charge in [0.2, 0.25) is 6.10 Å². The van der Waals surface area contributed by atoms with Crippen LogP contribution in [-0.2, 0) is 19.6 Å². The van der Waals surface area contributed by atoms with Crippen molar-refractivity contribution >= 4 is 33.4 Å². The molecule has 2 aliphatic heterocycles. The predicted molar refractivity (Wildman–Crippen MR) is 123 cm³/mol. The summed E-state index contributed by atoms with van der Waals surface area (Å²) in [5.74, 6) is -0.601. The van der Waals surface area contributed by atoms with Crippen LogP contribution in [0, 0.1) is 0 Å². The molecule has 1 amide bonds. The van der Waals surface area contributed by atoms with Gasteiger partial charge in [0, 0.05) is 24.6 Å². The number of nitrogens with zero attached hydrogens (tertiary/aromatic N) is 2. The molecule has 1 atom stereocenters. The summed E-state index contributed by atoms with van der Waals surface area (Å²) >= 11 is 0. The van der Waals surface area contributed by atoms with Crippen LogP contribution in [-0.4, -0.2) is 38.7 Å². The zero-order chi connectivity index (χ0) is 23.0. The first-order chi connectivity index (χ1) is 15.9. The lowest BCUT2D eigenvalue weighted by Crippen LogP contribution is -2.35. The second-order valence-corrected chi connectivity index (χ2v) is 10.2. The Morgan fingerprint density at radius 2 is 1.85 bits per heavy atom. The molecule has 1 saturated carbocycles. The van der Waals surface area contributed by atoms with E-state index < -0.39 is 22.1 Å². The molecule has 9 heteroatoms. The molecule has 172 valence electrons. The number of sulfonamides is 1. The van der Waals surface area contributed by atoms with Crippen LogP contribution in [0.5, 0.6) is 0 Å². The number of carbonyl (C=O) groups is 2. The maximum atomic E-state index is 13.0. The highest BCUT2D eigenvalue weighted by molar-refractivity contribution is 7.90. The van der Waals surface area contributed by atoms with Crippen molar-refractivity contribution < 1.29 is 22.7 Å². The SMILES string of the molecule is O=C(O[C@H](C(=O)NC1CC1)c1ccccc1)c1ccc2c(c1)S(=O)(=O)N=C1CCCCCN12. The summed E-state index contributed by atoms with van der Waals surface area (Å²) in [6, 6.07) is 13.4. The van der Waals surface area contributed by atoms with E-state index in [0.717, 1.165) is 32.1 Å². The number of rotatable bonds is 5.